The van der Waals surface area contributed by atoms with Crippen molar-refractivity contribution in [1.82, 2.24) is 4.98 Å². The Morgan fingerprint density at radius 1 is 0.800 bits per heavy atom. The number of fused-ring (bicyclic) bond motifs is 6. The number of hydrogen-bond donors (Lipinski definition) is 0. The van der Waals surface area contributed by atoms with E-state index in [1.165, 1.54) is 5.56 Å². The van der Waals surface area contributed by atoms with Crippen LogP contribution in [0.3, 0.4) is 0 Å². The topological polar surface area (TPSA) is 44.5 Å². The molecule has 0 saturated carbocycles. The van der Waals surface area contributed by atoms with E-state index in [1.54, 1.807) is 0 Å². The lowest BCUT2D eigenvalue weighted by Crippen LogP contribution is -1.98. The van der Waals surface area contributed by atoms with Crippen molar-refractivity contribution in [3.8, 4) is 34.3 Å². The van der Waals surface area contributed by atoms with Crippen molar-refractivity contribution in [3.63, 3.8) is 0 Å². The molecule has 2 aromatic heterocycles. The highest BCUT2D eigenvalue weighted by Crippen LogP contribution is 2.51. The highest BCUT2D eigenvalue weighted by molar-refractivity contribution is 6.13. The molecule has 0 N–H and O–H groups in total. The van der Waals surface area contributed by atoms with E-state index in [-0.39, 0.29) is 0 Å². The molecular formula is C26H19NO3. The van der Waals surface area contributed by atoms with Crippen molar-refractivity contribution in [3.05, 3.63) is 78.5 Å². The zero-order valence-electron chi connectivity index (χ0n) is 16.7. The van der Waals surface area contributed by atoms with Crippen molar-refractivity contribution >= 4 is 21.9 Å². The Kier molecular flexibility index (Phi) is 3.62. The lowest BCUT2D eigenvalue weighted by atomic mass is 10.0. The average molecular weight is 393 g/mol. The molecule has 146 valence electrons. The van der Waals surface area contributed by atoms with E-state index in [4.69, 9.17) is 13.9 Å². The van der Waals surface area contributed by atoms with Gasteiger partial charge in [0, 0.05) is 17.1 Å². The quantitative estimate of drug-likeness (QED) is 0.303. The summed E-state index contributed by atoms with van der Waals surface area (Å²) in [6.07, 6.45) is 1.86. The Balaban J connectivity index is 1.59. The van der Waals surface area contributed by atoms with E-state index in [1.807, 2.05) is 48.7 Å². The van der Waals surface area contributed by atoms with Gasteiger partial charge in [0.2, 0.25) is 0 Å². The van der Waals surface area contributed by atoms with Crippen LogP contribution in [-0.2, 0) is 0 Å². The highest BCUT2D eigenvalue weighted by Gasteiger charge is 2.25. The summed E-state index contributed by atoms with van der Waals surface area (Å²) >= 11 is 0. The fourth-order valence-corrected chi connectivity index (χ4v) is 4.02. The molecule has 1 aliphatic rings. The predicted octanol–water partition coefficient (Wildman–Crippen LogP) is 7.67. The largest absolute Gasteiger partial charge is 0.455 e. The molecule has 1 aliphatic heterocycles. The Morgan fingerprint density at radius 3 is 2.47 bits per heavy atom. The van der Waals surface area contributed by atoms with Crippen LogP contribution in [0.4, 0.5) is 0 Å². The van der Waals surface area contributed by atoms with E-state index < -0.39 is 0 Å². The van der Waals surface area contributed by atoms with E-state index in [9.17, 15) is 0 Å². The second kappa shape index (κ2) is 6.36. The zero-order chi connectivity index (χ0) is 20.2. The summed E-state index contributed by atoms with van der Waals surface area (Å²) in [6.45, 7) is 4.37. The van der Waals surface area contributed by atoms with Crippen LogP contribution in [0.1, 0.15) is 25.3 Å². The lowest BCUT2D eigenvalue weighted by molar-refractivity contribution is 0.363. The molecule has 0 atom stereocenters. The summed E-state index contributed by atoms with van der Waals surface area (Å²) in [5.74, 6) is 3.22. The Morgan fingerprint density at radius 2 is 1.63 bits per heavy atom. The molecule has 0 aliphatic carbocycles. The number of furan rings is 1. The van der Waals surface area contributed by atoms with Gasteiger partial charge >= 0.3 is 0 Å². The van der Waals surface area contributed by atoms with Gasteiger partial charge in [0.15, 0.2) is 23.0 Å². The van der Waals surface area contributed by atoms with Crippen LogP contribution < -0.4 is 9.47 Å². The summed E-state index contributed by atoms with van der Waals surface area (Å²) in [6, 6.07) is 21.9. The molecule has 0 radical (unpaired) electrons. The van der Waals surface area contributed by atoms with Gasteiger partial charge in [-0.05, 0) is 53.9 Å². The zero-order valence-corrected chi connectivity index (χ0v) is 16.7. The van der Waals surface area contributed by atoms with Crippen molar-refractivity contribution in [2.75, 3.05) is 0 Å². The number of para-hydroxylation sites is 3. The van der Waals surface area contributed by atoms with Crippen LogP contribution in [0.5, 0.6) is 23.0 Å². The molecule has 3 aromatic carbocycles. The van der Waals surface area contributed by atoms with Gasteiger partial charge in [-0.1, -0.05) is 38.1 Å². The number of pyridine rings is 1. The van der Waals surface area contributed by atoms with Crippen LogP contribution >= 0.6 is 0 Å². The minimum atomic E-state index is 0.430. The molecule has 0 amide bonds. The van der Waals surface area contributed by atoms with E-state index in [2.05, 4.69) is 43.1 Å². The maximum atomic E-state index is 6.32. The second-order valence-electron chi connectivity index (χ2n) is 7.83. The molecule has 0 spiro atoms. The summed E-state index contributed by atoms with van der Waals surface area (Å²) in [5.41, 5.74) is 4.69. The van der Waals surface area contributed by atoms with Crippen LogP contribution in [0.2, 0.25) is 0 Å². The molecule has 5 aromatic rings. The molecule has 4 heteroatoms. The third-order valence-corrected chi connectivity index (χ3v) is 5.59. The number of nitrogens with zero attached hydrogens (tertiary/aromatic N) is 1. The molecule has 0 bridgehead atoms. The second-order valence-corrected chi connectivity index (χ2v) is 7.83. The van der Waals surface area contributed by atoms with E-state index in [0.29, 0.717) is 28.9 Å². The maximum Gasteiger partial charge on any atom is 0.181 e. The molecule has 30 heavy (non-hydrogen) atoms. The first kappa shape index (κ1) is 17.1. The number of benzene rings is 3. The number of ether oxygens (including phenoxy) is 2. The van der Waals surface area contributed by atoms with Crippen molar-refractivity contribution in [2.24, 2.45) is 0 Å². The minimum Gasteiger partial charge on any atom is -0.455 e. The molecule has 6 rings (SSSR count). The van der Waals surface area contributed by atoms with Gasteiger partial charge in [0.05, 0.1) is 11.1 Å². The van der Waals surface area contributed by atoms with Gasteiger partial charge in [-0.2, -0.15) is 0 Å². The van der Waals surface area contributed by atoms with E-state index >= 15 is 0 Å². The van der Waals surface area contributed by atoms with Gasteiger partial charge in [-0.15, -0.1) is 0 Å². The fourth-order valence-electron chi connectivity index (χ4n) is 4.02. The first-order valence-electron chi connectivity index (χ1n) is 10.1. The monoisotopic (exact) mass is 393 g/mol. The molecule has 0 saturated heterocycles. The predicted molar refractivity (Wildman–Crippen MR) is 118 cm³/mol. The normalized spacial score (nSPS) is 12.5. The smallest absolute Gasteiger partial charge is 0.181 e. The lowest BCUT2D eigenvalue weighted by Gasteiger charge is -2.20. The third kappa shape index (κ3) is 2.50. The van der Waals surface area contributed by atoms with Gasteiger partial charge < -0.3 is 13.9 Å². The molecule has 0 unspecified atom stereocenters. The molecule has 0 fully saturated rings. The number of aromatic nitrogens is 1. The molecule has 3 heterocycles. The SMILES string of the molecule is CC(C)c1ccnc(-c2cccc3c2oc2ccc4c(c23)Oc2ccccc2O4)c1. The summed E-state index contributed by atoms with van der Waals surface area (Å²) in [7, 11) is 0. The van der Waals surface area contributed by atoms with Gasteiger partial charge in [-0.25, -0.2) is 0 Å². The first-order valence-corrected chi connectivity index (χ1v) is 10.1. The Hall–Kier alpha value is -3.79. The van der Waals surface area contributed by atoms with Gasteiger partial charge in [0.25, 0.3) is 0 Å². The average Bonchev–Trinajstić information content (AvgIpc) is 3.17. The summed E-state index contributed by atoms with van der Waals surface area (Å²) < 4.78 is 18.7. The third-order valence-electron chi connectivity index (χ3n) is 5.59. The molecular weight excluding hydrogens is 374 g/mol. The number of rotatable bonds is 2. The van der Waals surface area contributed by atoms with Crippen molar-refractivity contribution in [1.29, 1.82) is 0 Å². The Labute approximate surface area is 173 Å². The van der Waals surface area contributed by atoms with Crippen LogP contribution in [0, 0.1) is 0 Å². The van der Waals surface area contributed by atoms with Crippen molar-refractivity contribution in [2.45, 2.75) is 19.8 Å². The standard InChI is InChI=1S/C26H19NO3/c1-15(2)16-12-13-27-19(14-16)17-6-5-7-18-24-22(30-25(17)18)10-11-23-26(24)29-21-9-4-3-8-20(21)28-23/h3-15H,1-2H3. The van der Waals surface area contributed by atoms with E-state index in [0.717, 1.165) is 33.2 Å². The first-order chi connectivity index (χ1) is 14.7. The van der Waals surface area contributed by atoms with Crippen LogP contribution in [0.25, 0.3) is 33.2 Å². The van der Waals surface area contributed by atoms with Gasteiger partial charge in [0.1, 0.15) is 11.2 Å². The highest BCUT2D eigenvalue weighted by atomic mass is 16.6. The van der Waals surface area contributed by atoms with Gasteiger partial charge in [-0.3, -0.25) is 4.98 Å². The fraction of sp³-hybridized carbons (Fsp3) is 0.115. The maximum absolute atomic E-state index is 6.32. The summed E-state index contributed by atoms with van der Waals surface area (Å²) in [4.78, 5) is 4.61. The molecule has 4 nitrogen and oxygen atoms in total. The Bertz CT molecular complexity index is 1430. The summed E-state index contributed by atoms with van der Waals surface area (Å²) in [5, 5.41) is 1.90. The van der Waals surface area contributed by atoms with Crippen LogP contribution in [0.15, 0.2) is 77.3 Å². The number of hydrogen-bond acceptors (Lipinski definition) is 4. The van der Waals surface area contributed by atoms with Crippen LogP contribution in [-0.4, -0.2) is 4.98 Å². The van der Waals surface area contributed by atoms with Crippen molar-refractivity contribution < 1.29 is 13.9 Å². The minimum absolute atomic E-state index is 0.430.